The van der Waals surface area contributed by atoms with E-state index in [9.17, 15) is 9.18 Å². The van der Waals surface area contributed by atoms with Gasteiger partial charge in [0, 0.05) is 13.0 Å². The van der Waals surface area contributed by atoms with Gasteiger partial charge in [-0.1, -0.05) is 0 Å². The normalized spacial score (nSPS) is 16.3. The Balaban J connectivity index is 3.56. The molecule has 10 heavy (non-hydrogen) atoms. The van der Waals surface area contributed by atoms with E-state index in [2.05, 4.69) is 0 Å². The van der Waals surface area contributed by atoms with Crippen LogP contribution >= 0.6 is 0 Å². The van der Waals surface area contributed by atoms with Crippen LogP contribution in [0.5, 0.6) is 0 Å². The third kappa shape index (κ3) is 4.26. The Labute approximate surface area is 59.0 Å². The maximum atomic E-state index is 12.8. The first-order valence-corrected chi connectivity index (χ1v) is 3.09. The fourth-order valence-electron chi connectivity index (χ4n) is 0.470. The number of carboxylic acid groups (broad SMARTS) is 1. The predicted molar refractivity (Wildman–Crippen MR) is 35.4 cm³/mol. The van der Waals surface area contributed by atoms with Crippen LogP contribution in [-0.2, 0) is 4.79 Å². The van der Waals surface area contributed by atoms with Crippen LogP contribution in [0.1, 0.15) is 19.8 Å². The number of carbonyl (C=O) groups is 1. The van der Waals surface area contributed by atoms with Gasteiger partial charge in [0.1, 0.15) is 5.67 Å². The molecule has 0 heterocycles. The van der Waals surface area contributed by atoms with Crippen LogP contribution in [0.3, 0.4) is 0 Å². The lowest BCUT2D eigenvalue weighted by Gasteiger charge is -2.15. The molecule has 0 rings (SSSR count). The SMILES string of the molecule is CC(F)(CN)CCC(=O)O. The molecule has 3 nitrogen and oxygen atoms in total. The van der Waals surface area contributed by atoms with E-state index in [4.69, 9.17) is 10.8 Å². The van der Waals surface area contributed by atoms with Gasteiger partial charge in [-0.3, -0.25) is 4.79 Å². The summed E-state index contributed by atoms with van der Waals surface area (Å²) in [6, 6.07) is 0. The number of halogens is 1. The third-order valence-electron chi connectivity index (χ3n) is 1.29. The molecule has 0 aromatic rings. The van der Waals surface area contributed by atoms with Gasteiger partial charge in [0.05, 0.1) is 0 Å². The van der Waals surface area contributed by atoms with E-state index in [1.165, 1.54) is 6.92 Å². The zero-order chi connectivity index (χ0) is 8.20. The molecule has 1 atom stereocenters. The molecule has 1 unspecified atom stereocenters. The predicted octanol–water partition coefficient (Wildman–Crippen LogP) is 0.538. The van der Waals surface area contributed by atoms with Crippen molar-refractivity contribution < 1.29 is 14.3 Å². The van der Waals surface area contributed by atoms with Gasteiger partial charge in [-0.15, -0.1) is 0 Å². The Bertz CT molecular complexity index is 125. The van der Waals surface area contributed by atoms with Crippen molar-refractivity contribution in [1.82, 2.24) is 0 Å². The number of rotatable bonds is 4. The molecule has 0 saturated carbocycles. The van der Waals surface area contributed by atoms with Crippen LogP contribution in [0, 0.1) is 0 Å². The maximum absolute atomic E-state index is 12.8. The lowest BCUT2D eigenvalue weighted by molar-refractivity contribution is -0.137. The minimum Gasteiger partial charge on any atom is -0.481 e. The van der Waals surface area contributed by atoms with Crippen molar-refractivity contribution in [2.45, 2.75) is 25.4 Å². The van der Waals surface area contributed by atoms with Gasteiger partial charge in [-0.25, -0.2) is 4.39 Å². The summed E-state index contributed by atoms with van der Waals surface area (Å²) in [4.78, 5) is 9.95. The Kier molecular flexibility index (Phi) is 3.28. The summed E-state index contributed by atoms with van der Waals surface area (Å²) in [5, 5.41) is 8.16. The number of nitrogens with two attached hydrogens (primary N) is 1. The first-order valence-electron chi connectivity index (χ1n) is 3.09. The molecule has 0 radical (unpaired) electrons. The summed E-state index contributed by atoms with van der Waals surface area (Å²) >= 11 is 0. The highest BCUT2D eigenvalue weighted by atomic mass is 19.1. The first kappa shape index (κ1) is 9.36. The molecule has 0 amide bonds. The van der Waals surface area contributed by atoms with E-state index >= 15 is 0 Å². The lowest BCUT2D eigenvalue weighted by atomic mass is 10.0. The van der Waals surface area contributed by atoms with Gasteiger partial charge >= 0.3 is 5.97 Å². The molecular formula is C6H12FNO2. The number of aliphatic carboxylic acids is 1. The van der Waals surface area contributed by atoms with Crippen LogP contribution in [0.15, 0.2) is 0 Å². The second kappa shape index (κ2) is 3.51. The number of carboxylic acids is 1. The van der Waals surface area contributed by atoms with Gasteiger partial charge in [0.25, 0.3) is 0 Å². The summed E-state index contributed by atoms with van der Waals surface area (Å²) in [6.45, 7) is 1.18. The van der Waals surface area contributed by atoms with Gasteiger partial charge in [0.2, 0.25) is 0 Å². The van der Waals surface area contributed by atoms with Gasteiger partial charge in [0.15, 0.2) is 0 Å². The Morgan fingerprint density at radius 3 is 2.60 bits per heavy atom. The van der Waals surface area contributed by atoms with Crippen LogP contribution in [0.4, 0.5) is 4.39 Å². The second-order valence-corrected chi connectivity index (χ2v) is 2.51. The molecule has 0 aliphatic rings. The van der Waals surface area contributed by atoms with Crippen LogP contribution in [0.25, 0.3) is 0 Å². The molecule has 0 aliphatic heterocycles. The van der Waals surface area contributed by atoms with Crippen molar-refractivity contribution in [3.8, 4) is 0 Å². The number of hydrogen-bond acceptors (Lipinski definition) is 2. The molecule has 3 N–H and O–H groups in total. The van der Waals surface area contributed by atoms with Crippen molar-refractivity contribution in [1.29, 1.82) is 0 Å². The molecule has 60 valence electrons. The quantitative estimate of drug-likeness (QED) is 0.613. The van der Waals surface area contributed by atoms with Crippen LogP contribution < -0.4 is 5.73 Å². The molecule has 0 saturated heterocycles. The van der Waals surface area contributed by atoms with Gasteiger partial charge in [-0.2, -0.15) is 0 Å². The average Bonchev–Trinajstić information content (AvgIpc) is 1.85. The van der Waals surface area contributed by atoms with Crippen molar-refractivity contribution in [2.24, 2.45) is 5.73 Å². The first-order chi connectivity index (χ1) is 4.48. The van der Waals surface area contributed by atoms with Gasteiger partial charge in [-0.05, 0) is 13.3 Å². The summed E-state index contributed by atoms with van der Waals surface area (Å²) in [5.74, 6) is -0.989. The lowest BCUT2D eigenvalue weighted by Crippen LogP contribution is -2.29. The van der Waals surface area contributed by atoms with E-state index in [-0.39, 0.29) is 19.4 Å². The highest BCUT2D eigenvalue weighted by molar-refractivity contribution is 5.66. The fraction of sp³-hybridized carbons (Fsp3) is 0.833. The smallest absolute Gasteiger partial charge is 0.303 e. The standard InChI is InChI=1S/C6H12FNO2/c1-6(7,4-8)3-2-5(9)10/h2-4,8H2,1H3,(H,9,10). The Morgan fingerprint density at radius 2 is 2.30 bits per heavy atom. The van der Waals surface area contributed by atoms with E-state index < -0.39 is 11.6 Å². The van der Waals surface area contributed by atoms with Crippen molar-refractivity contribution in [2.75, 3.05) is 6.54 Å². The summed E-state index contributed by atoms with van der Waals surface area (Å²) in [5.41, 5.74) is 3.50. The molecular weight excluding hydrogens is 137 g/mol. The molecule has 4 heteroatoms. The topological polar surface area (TPSA) is 63.3 Å². The molecule has 0 fully saturated rings. The van der Waals surface area contributed by atoms with E-state index in [1.54, 1.807) is 0 Å². The Hall–Kier alpha value is -0.640. The van der Waals surface area contributed by atoms with E-state index in [0.29, 0.717) is 0 Å². The fourth-order valence-corrected chi connectivity index (χ4v) is 0.470. The zero-order valence-electron chi connectivity index (χ0n) is 5.93. The Morgan fingerprint density at radius 1 is 1.80 bits per heavy atom. The molecule has 0 bridgehead atoms. The minimum absolute atomic E-state index is 0.0150. The van der Waals surface area contributed by atoms with Crippen LogP contribution in [0.2, 0.25) is 0 Å². The largest absolute Gasteiger partial charge is 0.481 e. The maximum Gasteiger partial charge on any atom is 0.303 e. The second-order valence-electron chi connectivity index (χ2n) is 2.51. The number of alkyl halides is 1. The molecule has 0 spiro atoms. The van der Waals surface area contributed by atoms with E-state index in [1.807, 2.05) is 0 Å². The number of hydrogen-bond donors (Lipinski definition) is 2. The summed E-state index contributed by atoms with van der Waals surface area (Å²) < 4.78 is 12.8. The zero-order valence-corrected chi connectivity index (χ0v) is 5.93. The average molecular weight is 149 g/mol. The van der Waals surface area contributed by atoms with Gasteiger partial charge < -0.3 is 10.8 Å². The minimum atomic E-state index is -1.53. The summed E-state index contributed by atoms with van der Waals surface area (Å²) in [7, 11) is 0. The van der Waals surface area contributed by atoms with Crippen molar-refractivity contribution >= 4 is 5.97 Å². The van der Waals surface area contributed by atoms with Crippen molar-refractivity contribution in [3.05, 3.63) is 0 Å². The highest BCUT2D eigenvalue weighted by Gasteiger charge is 2.21. The molecule has 0 aromatic carbocycles. The monoisotopic (exact) mass is 149 g/mol. The molecule has 0 aromatic heterocycles. The molecule has 0 aliphatic carbocycles. The van der Waals surface area contributed by atoms with Crippen LogP contribution in [-0.4, -0.2) is 23.3 Å². The summed E-state index contributed by atoms with van der Waals surface area (Å²) in [6.07, 6.45) is -0.178. The highest BCUT2D eigenvalue weighted by Crippen LogP contribution is 2.14. The van der Waals surface area contributed by atoms with E-state index in [0.717, 1.165) is 0 Å². The van der Waals surface area contributed by atoms with Crippen molar-refractivity contribution in [3.63, 3.8) is 0 Å². The third-order valence-corrected chi connectivity index (χ3v) is 1.29.